The SMILES string of the molecule is CC1CN(C(=O)CC2(O)CCCC2)CCO1. The summed E-state index contributed by atoms with van der Waals surface area (Å²) in [4.78, 5) is 13.8. The number of rotatable bonds is 2. The van der Waals surface area contributed by atoms with E-state index in [0.29, 0.717) is 26.1 Å². The van der Waals surface area contributed by atoms with Crippen molar-refractivity contribution >= 4 is 5.91 Å². The van der Waals surface area contributed by atoms with E-state index in [0.717, 1.165) is 25.7 Å². The molecule has 2 aliphatic rings. The highest BCUT2D eigenvalue weighted by Gasteiger charge is 2.35. The van der Waals surface area contributed by atoms with Crippen LogP contribution in [0.15, 0.2) is 0 Å². The lowest BCUT2D eigenvalue weighted by atomic mass is 9.97. The van der Waals surface area contributed by atoms with Gasteiger partial charge in [-0.05, 0) is 19.8 Å². The summed E-state index contributed by atoms with van der Waals surface area (Å²) in [6, 6.07) is 0. The van der Waals surface area contributed by atoms with Crippen LogP contribution in [0.25, 0.3) is 0 Å². The third-order valence-electron chi connectivity index (χ3n) is 3.61. The molecule has 0 aromatic heterocycles. The molecule has 92 valence electrons. The molecule has 1 atom stereocenters. The van der Waals surface area contributed by atoms with Gasteiger partial charge in [0.1, 0.15) is 0 Å². The molecule has 0 bridgehead atoms. The maximum absolute atomic E-state index is 12.0. The van der Waals surface area contributed by atoms with E-state index in [4.69, 9.17) is 4.74 Å². The molecular formula is C12H21NO3. The molecule has 4 nitrogen and oxygen atoms in total. The Kier molecular flexibility index (Phi) is 3.50. The molecule has 2 fully saturated rings. The van der Waals surface area contributed by atoms with Crippen LogP contribution in [0, 0.1) is 0 Å². The molecule has 1 aliphatic heterocycles. The summed E-state index contributed by atoms with van der Waals surface area (Å²) in [7, 11) is 0. The fraction of sp³-hybridized carbons (Fsp3) is 0.917. The first-order valence-corrected chi connectivity index (χ1v) is 6.21. The summed E-state index contributed by atoms with van der Waals surface area (Å²) in [6.07, 6.45) is 4.06. The van der Waals surface area contributed by atoms with Crippen LogP contribution >= 0.6 is 0 Å². The lowest BCUT2D eigenvalue weighted by Crippen LogP contribution is -2.46. The number of carbonyl (C=O) groups is 1. The van der Waals surface area contributed by atoms with Crippen molar-refractivity contribution in [3.8, 4) is 0 Å². The Hall–Kier alpha value is -0.610. The standard InChI is InChI=1S/C12H21NO3/c1-10-9-13(6-7-16-10)11(14)8-12(15)4-2-3-5-12/h10,15H,2-9H2,1H3. The maximum Gasteiger partial charge on any atom is 0.225 e. The van der Waals surface area contributed by atoms with E-state index in [9.17, 15) is 9.90 Å². The summed E-state index contributed by atoms with van der Waals surface area (Å²) < 4.78 is 5.40. The topological polar surface area (TPSA) is 49.8 Å². The Labute approximate surface area is 96.6 Å². The largest absolute Gasteiger partial charge is 0.389 e. The lowest BCUT2D eigenvalue weighted by molar-refractivity contribution is -0.143. The zero-order valence-electron chi connectivity index (χ0n) is 9.95. The molecule has 0 aromatic rings. The van der Waals surface area contributed by atoms with Gasteiger partial charge in [-0.15, -0.1) is 0 Å². The first-order valence-electron chi connectivity index (χ1n) is 6.21. The summed E-state index contributed by atoms with van der Waals surface area (Å²) in [5.41, 5.74) is -0.724. The number of hydrogen-bond acceptors (Lipinski definition) is 3. The van der Waals surface area contributed by atoms with Gasteiger partial charge < -0.3 is 14.7 Å². The summed E-state index contributed by atoms with van der Waals surface area (Å²) in [5, 5.41) is 10.2. The molecule has 1 saturated heterocycles. The second-order valence-electron chi connectivity index (χ2n) is 5.13. The minimum absolute atomic E-state index is 0.0829. The van der Waals surface area contributed by atoms with Crippen LogP contribution in [0.4, 0.5) is 0 Å². The molecule has 0 spiro atoms. The molecule has 4 heteroatoms. The predicted octanol–water partition coefficient (Wildman–Crippen LogP) is 0.929. The van der Waals surface area contributed by atoms with Gasteiger partial charge in [0, 0.05) is 13.1 Å². The minimum Gasteiger partial charge on any atom is -0.389 e. The minimum atomic E-state index is -0.724. The first-order chi connectivity index (χ1) is 7.59. The van der Waals surface area contributed by atoms with Gasteiger partial charge >= 0.3 is 0 Å². The van der Waals surface area contributed by atoms with E-state index in [1.54, 1.807) is 0 Å². The van der Waals surface area contributed by atoms with Crippen molar-refractivity contribution < 1.29 is 14.6 Å². The van der Waals surface area contributed by atoms with E-state index >= 15 is 0 Å². The van der Waals surface area contributed by atoms with Crippen molar-refractivity contribution in [1.82, 2.24) is 4.90 Å². The molecule has 0 aromatic carbocycles. The van der Waals surface area contributed by atoms with Crippen molar-refractivity contribution in [2.75, 3.05) is 19.7 Å². The molecule has 0 radical (unpaired) electrons. The number of aliphatic hydroxyl groups is 1. The smallest absolute Gasteiger partial charge is 0.225 e. The number of carbonyl (C=O) groups excluding carboxylic acids is 1. The lowest BCUT2D eigenvalue weighted by Gasteiger charge is -2.33. The van der Waals surface area contributed by atoms with E-state index in [-0.39, 0.29) is 12.0 Å². The van der Waals surface area contributed by atoms with Crippen LogP contribution in [0.1, 0.15) is 39.0 Å². The van der Waals surface area contributed by atoms with Gasteiger partial charge in [-0.25, -0.2) is 0 Å². The van der Waals surface area contributed by atoms with Crippen LogP contribution < -0.4 is 0 Å². The normalized spacial score (nSPS) is 29.4. The Morgan fingerprint density at radius 1 is 1.50 bits per heavy atom. The van der Waals surface area contributed by atoms with Gasteiger partial charge in [-0.3, -0.25) is 4.79 Å². The fourth-order valence-electron chi connectivity index (χ4n) is 2.65. The van der Waals surface area contributed by atoms with Crippen molar-refractivity contribution in [2.24, 2.45) is 0 Å². The highest BCUT2D eigenvalue weighted by atomic mass is 16.5. The Balaban J connectivity index is 1.87. The fourth-order valence-corrected chi connectivity index (χ4v) is 2.65. The first kappa shape index (κ1) is 11.9. The average Bonchev–Trinajstić information content (AvgIpc) is 2.65. The van der Waals surface area contributed by atoms with Gasteiger partial charge in [0.05, 0.1) is 24.7 Å². The van der Waals surface area contributed by atoms with E-state index in [1.807, 2.05) is 11.8 Å². The highest BCUT2D eigenvalue weighted by Crippen LogP contribution is 2.32. The van der Waals surface area contributed by atoms with Gasteiger partial charge in [0.15, 0.2) is 0 Å². The number of morpholine rings is 1. The van der Waals surface area contributed by atoms with E-state index < -0.39 is 5.60 Å². The Morgan fingerprint density at radius 3 is 2.81 bits per heavy atom. The summed E-state index contributed by atoms with van der Waals surface area (Å²) in [6.45, 7) is 3.92. The van der Waals surface area contributed by atoms with Crippen molar-refractivity contribution in [3.63, 3.8) is 0 Å². The molecule has 16 heavy (non-hydrogen) atoms. The van der Waals surface area contributed by atoms with Crippen LogP contribution in [-0.4, -0.2) is 47.3 Å². The van der Waals surface area contributed by atoms with Gasteiger partial charge in [-0.1, -0.05) is 12.8 Å². The quantitative estimate of drug-likeness (QED) is 0.763. The zero-order valence-corrected chi connectivity index (χ0v) is 9.95. The highest BCUT2D eigenvalue weighted by molar-refractivity contribution is 5.77. The van der Waals surface area contributed by atoms with Crippen LogP contribution in [0.5, 0.6) is 0 Å². The van der Waals surface area contributed by atoms with Crippen LogP contribution in [0.2, 0.25) is 0 Å². The van der Waals surface area contributed by atoms with E-state index in [2.05, 4.69) is 0 Å². The molecule has 1 heterocycles. The molecule has 1 saturated carbocycles. The van der Waals surface area contributed by atoms with Gasteiger partial charge in [-0.2, -0.15) is 0 Å². The molecule has 1 amide bonds. The van der Waals surface area contributed by atoms with Crippen molar-refractivity contribution in [3.05, 3.63) is 0 Å². The van der Waals surface area contributed by atoms with Gasteiger partial charge in [0.25, 0.3) is 0 Å². The van der Waals surface area contributed by atoms with Crippen LogP contribution in [0.3, 0.4) is 0 Å². The van der Waals surface area contributed by atoms with Crippen molar-refractivity contribution in [1.29, 1.82) is 0 Å². The van der Waals surface area contributed by atoms with Crippen molar-refractivity contribution in [2.45, 2.75) is 50.7 Å². The van der Waals surface area contributed by atoms with Gasteiger partial charge in [0.2, 0.25) is 5.91 Å². The zero-order chi connectivity index (χ0) is 11.6. The number of hydrogen-bond donors (Lipinski definition) is 1. The summed E-state index contributed by atoms with van der Waals surface area (Å²) >= 11 is 0. The number of nitrogens with zero attached hydrogens (tertiary/aromatic N) is 1. The third-order valence-corrected chi connectivity index (χ3v) is 3.61. The molecule has 2 rings (SSSR count). The second kappa shape index (κ2) is 4.72. The Bertz CT molecular complexity index is 261. The molecule has 1 unspecified atom stereocenters. The van der Waals surface area contributed by atoms with Crippen LogP contribution in [-0.2, 0) is 9.53 Å². The Morgan fingerprint density at radius 2 is 2.19 bits per heavy atom. The second-order valence-corrected chi connectivity index (χ2v) is 5.13. The monoisotopic (exact) mass is 227 g/mol. The number of amides is 1. The predicted molar refractivity (Wildman–Crippen MR) is 60.0 cm³/mol. The molecule has 1 aliphatic carbocycles. The average molecular weight is 227 g/mol. The summed E-state index contributed by atoms with van der Waals surface area (Å²) in [5.74, 6) is 0.0829. The molecular weight excluding hydrogens is 206 g/mol. The van der Waals surface area contributed by atoms with E-state index in [1.165, 1.54) is 0 Å². The molecule has 1 N–H and O–H groups in total. The maximum atomic E-state index is 12.0. The number of ether oxygens (including phenoxy) is 1. The third kappa shape index (κ3) is 2.74.